The number of carboxylic acids is 3. The zero-order valence-electron chi connectivity index (χ0n) is 21.5. The maximum absolute atomic E-state index is 13.1. The van der Waals surface area contributed by atoms with Gasteiger partial charge in [0.2, 0.25) is 17.7 Å². The number of carboxylic acid groups (broad SMARTS) is 3. The predicted molar refractivity (Wildman–Crippen MR) is 141 cm³/mol. The van der Waals surface area contributed by atoms with Gasteiger partial charge in [-0.2, -0.15) is 0 Å². The van der Waals surface area contributed by atoms with Gasteiger partial charge in [0.1, 0.15) is 18.1 Å². The maximum Gasteiger partial charge on any atom is 0.326 e. The molecule has 0 saturated heterocycles. The van der Waals surface area contributed by atoms with Crippen LogP contribution in [0.1, 0.15) is 30.4 Å². The average Bonchev–Trinajstić information content (AvgIpc) is 2.90. The van der Waals surface area contributed by atoms with E-state index in [4.69, 9.17) is 10.8 Å². The van der Waals surface area contributed by atoms with Crippen molar-refractivity contribution in [3.63, 3.8) is 0 Å². The Kier molecular flexibility index (Phi) is 12.3. The second kappa shape index (κ2) is 15.6. The fourth-order valence-electron chi connectivity index (χ4n) is 3.75. The summed E-state index contributed by atoms with van der Waals surface area (Å²) >= 11 is 0. The minimum Gasteiger partial charge on any atom is -0.481 e. The van der Waals surface area contributed by atoms with E-state index in [0.717, 1.165) is 5.56 Å². The van der Waals surface area contributed by atoms with Crippen LogP contribution in [0.3, 0.4) is 0 Å². The van der Waals surface area contributed by atoms with Gasteiger partial charge in [0.05, 0.1) is 12.5 Å². The Morgan fingerprint density at radius 2 is 1.10 bits per heavy atom. The van der Waals surface area contributed by atoms with Crippen LogP contribution in [0, 0.1) is 0 Å². The minimum absolute atomic E-state index is 0.106. The molecule has 0 saturated carbocycles. The number of rotatable bonds is 16. The lowest BCUT2D eigenvalue weighted by molar-refractivity contribution is -0.144. The monoisotopic (exact) mass is 556 g/mol. The summed E-state index contributed by atoms with van der Waals surface area (Å²) in [7, 11) is 0. The van der Waals surface area contributed by atoms with Crippen LogP contribution in [0.15, 0.2) is 60.7 Å². The molecule has 0 aliphatic carbocycles. The molecule has 2 rings (SSSR count). The highest BCUT2D eigenvalue weighted by molar-refractivity contribution is 5.95. The van der Waals surface area contributed by atoms with Crippen LogP contribution in [0.2, 0.25) is 0 Å². The Bertz CT molecular complexity index is 1190. The number of hydrogen-bond acceptors (Lipinski definition) is 7. The molecule has 0 fully saturated rings. The molecule has 8 N–H and O–H groups in total. The molecular formula is C27H32N4O9. The fourth-order valence-corrected chi connectivity index (χ4v) is 3.75. The lowest BCUT2D eigenvalue weighted by atomic mass is 10.0. The van der Waals surface area contributed by atoms with Gasteiger partial charge in [-0.15, -0.1) is 0 Å². The standard InChI is InChI=1S/C27H32N4O9/c28-18(13-16-7-3-1-4-8-16)24(36)30-21(15-23(34)35)26(38)31-20(14-17-9-5-2-6-10-17)25(37)29-19(27(39)40)11-12-22(32)33/h1-10,18-21H,11-15,28H2,(H,29,37)(H,30,36)(H,31,38)(H,32,33)(H,34,35)(H,39,40). The topological polar surface area (TPSA) is 225 Å². The van der Waals surface area contributed by atoms with Crippen molar-refractivity contribution in [2.75, 3.05) is 0 Å². The van der Waals surface area contributed by atoms with Gasteiger partial charge in [-0.05, 0) is 24.0 Å². The quantitative estimate of drug-likeness (QED) is 0.143. The van der Waals surface area contributed by atoms with Crippen LogP contribution in [0.4, 0.5) is 0 Å². The summed E-state index contributed by atoms with van der Waals surface area (Å²) in [5.41, 5.74) is 7.30. The molecule has 0 heterocycles. The van der Waals surface area contributed by atoms with Crippen molar-refractivity contribution >= 4 is 35.6 Å². The smallest absolute Gasteiger partial charge is 0.326 e. The first-order valence-corrected chi connectivity index (χ1v) is 12.4. The Hall–Kier alpha value is -4.78. The van der Waals surface area contributed by atoms with Crippen LogP contribution < -0.4 is 21.7 Å². The number of amides is 3. The highest BCUT2D eigenvalue weighted by atomic mass is 16.4. The van der Waals surface area contributed by atoms with Gasteiger partial charge in [0.15, 0.2) is 0 Å². The molecule has 4 atom stereocenters. The highest BCUT2D eigenvalue weighted by Crippen LogP contribution is 2.08. The number of benzene rings is 2. The molecule has 4 unspecified atom stereocenters. The van der Waals surface area contributed by atoms with Gasteiger partial charge in [-0.1, -0.05) is 60.7 Å². The van der Waals surface area contributed by atoms with Gasteiger partial charge in [0, 0.05) is 12.8 Å². The van der Waals surface area contributed by atoms with E-state index in [9.17, 15) is 39.0 Å². The zero-order valence-corrected chi connectivity index (χ0v) is 21.5. The van der Waals surface area contributed by atoms with Gasteiger partial charge in [-0.3, -0.25) is 24.0 Å². The third-order valence-corrected chi connectivity index (χ3v) is 5.82. The third-order valence-electron chi connectivity index (χ3n) is 5.82. The highest BCUT2D eigenvalue weighted by Gasteiger charge is 2.31. The van der Waals surface area contributed by atoms with Gasteiger partial charge in [0.25, 0.3) is 0 Å². The summed E-state index contributed by atoms with van der Waals surface area (Å²) in [6.07, 6.45) is -1.72. The Morgan fingerprint density at radius 1 is 0.625 bits per heavy atom. The molecule has 0 aromatic heterocycles. The fraction of sp³-hybridized carbons (Fsp3) is 0.333. The van der Waals surface area contributed by atoms with Crippen LogP contribution >= 0.6 is 0 Å². The van der Waals surface area contributed by atoms with E-state index in [-0.39, 0.29) is 12.8 Å². The first-order valence-electron chi connectivity index (χ1n) is 12.4. The first-order chi connectivity index (χ1) is 19.0. The maximum atomic E-state index is 13.1. The summed E-state index contributed by atoms with van der Waals surface area (Å²) in [6, 6.07) is 11.6. The summed E-state index contributed by atoms with van der Waals surface area (Å²) in [5, 5.41) is 34.6. The normalized spacial score (nSPS) is 13.6. The number of hydrogen-bond donors (Lipinski definition) is 7. The second-order valence-electron chi connectivity index (χ2n) is 9.04. The average molecular weight is 557 g/mol. The van der Waals surface area contributed by atoms with Crippen LogP contribution in [0.5, 0.6) is 0 Å². The van der Waals surface area contributed by atoms with E-state index in [1.54, 1.807) is 60.7 Å². The summed E-state index contributed by atoms with van der Waals surface area (Å²) < 4.78 is 0. The molecule has 2 aromatic rings. The molecule has 2 aromatic carbocycles. The Labute approximate surface area is 229 Å². The van der Waals surface area contributed by atoms with Crippen molar-refractivity contribution in [3.8, 4) is 0 Å². The molecule has 0 bridgehead atoms. The lowest BCUT2D eigenvalue weighted by Gasteiger charge is -2.25. The van der Waals surface area contributed by atoms with Crippen molar-refractivity contribution in [1.29, 1.82) is 0 Å². The molecular weight excluding hydrogens is 524 g/mol. The first kappa shape index (κ1) is 31.4. The number of nitrogens with one attached hydrogen (secondary N) is 3. The van der Waals surface area contributed by atoms with Crippen LogP contribution in [-0.4, -0.2) is 75.1 Å². The third kappa shape index (κ3) is 10.9. The van der Waals surface area contributed by atoms with Crippen molar-refractivity contribution in [2.24, 2.45) is 5.73 Å². The number of aliphatic carboxylic acids is 3. The van der Waals surface area contributed by atoms with Gasteiger partial charge < -0.3 is 37.0 Å². The SMILES string of the molecule is NC(Cc1ccccc1)C(=O)NC(CC(=O)O)C(=O)NC(Cc1ccccc1)C(=O)NC(CCC(=O)O)C(=O)O. The molecule has 0 aliphatic rings. The van der Waals surface area contributed by atoms with Crippen molar-refractivity contribution in [2.45, 2.75) is 56.3 Å². The Morgan fingerprint density at radius 3 is 1.60 bits per heavy atom. The van der Waals surface area contributed by atoms with Gasteiger partial charge in [-0.25, -0.2) is 4.79 Å². The largest absolute Gasteiger partial charge is 0.481 e. The van der Waals surface area contributed by atoms with Crippen molar-refractivity contribution in [1.82, 2.24) is 16.0 Å². The molecule has 3 amide bonds. The summed E-state index contributed by atoms with van der Waals surface area (Å²) in [6.45, 7) is 0. The summed E-state index contributed by atoms with van der Waals surface area (Å²) in [4.78, 5) is 72.8. The van der Waals surface area contributed by atoms with Crippen molar-refractivity contribution in [3.05, 3.63) is 71.8 Å². The van der Waals surface area contributed by atoms with Crippen LogP contribution in [0.25, 0.3) is 0 Å². The van der Waals surface area contributed by atoms with E-state index >= 15 is 0 Å². The van der Waals surface area contributed by atoms with E-state index < -0.39 is 79.1 Å². The second-order valence-corrected chi connectivity index (χ2v) is 9.04. The van der Waals surface area contributed by atoms with E-state index in [1.165, 1.54) is 0 Å². The molecule has 13 nitrogen and oxygen atoms in total. The molecule has 40 heavy (non-hydrogen) atoms. The number of carbonyl (C=O) groups excluding carboxylic acids is 3. The number of carbonyl (C=O) groups is 6. The van der Waals surface area contributed by atoms with E-state index in [1.807, 2.05) is 0 Å². The summed E-state index contributed by atoms with van der Waals surface area (Å²) in [5.74, 6) is -6.85. The Balaban J connectivity index is 2.20. The molecule has 214 valence electrons. The van der Waals surface area contributed by atoms with Crippen molar-refractivity contribution < 1.29 is 44.1 Å². The molecule has 0 aliphatic heterocycles. The molecule has 13 heteroatoms. The zero-order chi connectivity index (χ0) is 29.7. The number of nitrogens with two attached hydrogens (primary N) is 1. The molecule has 0 spiro atoms. The lowest BCUT2D eigenvalue weighted by Crippen LogP contribution is -2.58. The predicted octanol–water partition coefficient (Wildman–Crippen LogP) is -0.322. The van der Waals surface area contributed by atoms with Crippen LogP contribution in [-0.2, 0) is 41.6 Å². The minimum atomic E-state index is -1.60. The molecule has 0 radical (unpaired) electrons. The van der Waals surface area contributed by atoms with E-state index in [2.05, 4.69) is 16.0 Å². The van der Waals surface area contributed by atoms with E-state index in [0.29, 0.717) is 5.56 Å². The van der Waals surface area contributed by atoms with Gasteiger partial charge >= 0.3 is 17.9 Å².